The Morgan fingerprint density at radius 2 is 1.35 bits per heavy atom. The van der Waals surface area contributed by atoms with Crippen molar-refractivity contribution in [3.05, 3.63) is 71.8 Å². The molecule has 0 saturated carbocycles. The third-order valence-corrected chi connectivity index (χ3v) is 5.02. The molecular weight excluding hydrogens is 428 g/mol. The van der Waals surface area contributed by atoms with Crippen LogP contribution in [0.25, 0.3) is 0 Å². The first-order chi connectivity index (χ1) is 14.8. The molecule has 10 heteroatoms. The Morgan fingerprint density at radius 3 is 1.81 bits per heavy atom. The smallest absolute Gasteiger partial charge is 0.338 e. The number of hydrogen-bond donors (Lipinski definition) is 0. The molecule has 1 heterocycles. The first-order valence-corrected chi connectivity index (χ1v) is 11.1. The van der Waals surface area contributed by atoms with Crippen LogP contribution < -0.4 is 0 Å². The summed E-state index contributed by atoms with van der Waals surface area (Å²) in [7, 11) is -2.62. The lowest BCUT2D eigenvalue weighted by Gasteiger charge is -2.39. The van der Waals surface area contributed by atoms with Crippen LogP contribution in [-0.2, 0) is 33.2 Å². The normalized spacial score (nSPS) is 23.7. The second-order valence-corrected chi connectivity index (χ2v) is 8.35. The predicted molar refractivity (Wildman–Crippen MR) is 108 cm³/mol. The van der Waals surface area contributed by atoms with E-state index in [2.05, 4.69) is 0 Å². The van der Waals surface area contributed by atoms with Crippen molar-refractivity contribution in [1.82, 2.24) is 0 Å². The second-order valence-electron chi connectivity index (χ2n) is 6.75. The Kier molecular flexibility index (Phi) is 7.39. The molecule has 9 nitrogen and oxygen atoms in total. The minimum Gasteiger partial charge on any atom is -0.452 e. The van der Waals surface area contributed by atoms with E-state index in [0.717, 1.165) is 6.26 Å². The molecular formula is C21H22O9S. The average molecular weight is 450 g/mol. The van der Waals surface area contributed by atoms with Crippen molar-refractivity contribution < 1.29 is 41.1 Å². The zero-order valence-electron chi connectivity index (χ0n) is 16.9. The van der Waals surface area contributed by atoms with E-state index in [1.807, 2.05) is 0 Å². The summed E-state index contributed by atoms with van der Waals surface area (Å²) in [4.78, 5) is 25.3. The van der Waals surface area contributed by atoms with E-state index in [9.17, 15) is 18.0 Å². The van der Waals surface area contributed by atoms with Gasteiger partial charge in [0.15, 0.2) is 18.5 Å². The van der Waals surface area contributed by atoms with E-state index in [4.69, 9.17) is 23.1 Å². The molecule has 1 fully saturated rings. The Balaban J connectivity index is 1.90. The van der Waals surface area contributed by atoms with Crippen molar-refractivity contribution in [3.63, 3.8) is 0 Å². The molecule has 3 rings (SSSR count). The quantitative estimate of drug-likeness (QED) is 0.460. The second kappa shape index (κ2) is 10.0. The molecule has 0 N–H and O–H groups in total. The predicted octanol–water partition coefficient (Wildman–Crippen LogP) is 1.79. The molecule has 4 atom stereocenters. The van der Waals surface area contributed by atoms with E-state index in [-0.39, 0.29) is 17.7 Å². The van der Waals surface area contributed by atoms with Gasteiger partial charge in [-0.2, -0.15) is 8.42 Å². The van der Waals surface area contributed by atoms with Gasteiger partial charge >= 0.3 is 11.9 Å². The molecule has 1 aliphatic rings. The SMILES string of the molecule is CO[C@H]1OC[C@@H](OS(C)(=O)=O)[C@@H](OC(=O)c2ccccc2)[C@H]1OC(=O)c1ccccc1. The van der Waals surface area contributed by atoms with Crippen LogP contribution in [0.4, 0.5) is 0 Å². The third kappa shape index (κ3) is 6.11. The molecule has 0 unspecified atom stereocenters. The van der Waals surface area contributed by atoms with Crippen molar-refractivity contribution in [3.8, 4) is 0 Å². The summed E-state index contributed by atoms with van der Waals surface area (Å²) in [5, 5.41) is 0. The summed E-state index contributed by atoms with van der Waals surface area (Å²) in [6.07, 6.45) is -4.10. The molecule has 2 aromatic rings. The summed E-state index contributed by atoms with van der Waals surface area (Å²) in [5.74, 6) is -1.47. The minimum atomic E-state index is -3.94. The van der Waals surface area contributed by atoms with Gasteiger partial charge in [-0.1, -0.05) is 36.4 Å². The number of ether oxygens (including phenoxy) is 4. The highest BCUT2D eigenvalue weighted by Crippen LogP contribution is 2.27. The van der Waals surface area contributed by atoms with E-state index in [0.29, 0.717) is 0 Å². The highest BCUT2D eigenvalue weighted by Gasteiger charge is 2.48. The number of carbonyl (C=O) groups excluding carboxylic acids is 2. The van der Waals surface area contributed by atoms with E-state index < -0.39 is 46.7 Å². The van der Waals surface area contributed by atoms with Crippen LogP contribution in [-0.4, -0.2) is 64.9 Å². The summed E-state index contributed by atoms with van der Waals surface area (Å²) in [6.45, 7) is -0.266. The monoisotopic (exact) mass is 450 g/mol. The number of hydrogen-bond acceptors (Lipinski definition) is 9. The van der Waals surface area contributed by atoms with Crippen LogP contribution in [0.2, 0.25) is 0 Å². The molecule has 0 spiro atoms. The lowest BCUT2D eigenvalue weighted by molar-refractivity contribution is -0.256. The molecule has 0 amide bonds. The topological polar surface area (TPSA) is 114 Å². The maximum absolute atomic E-state index is 12.7. The van der Waals surface area contributed by atoms with Gasteiger partial charge in [-0.25, -0.2) is 9.59 Å². The molecule has 0 bridgehead atoms. The first kappa shape index (κ1) is 22.9. The lowest BCUT2D eigenvalue weighted by Crippen LogP contribution is -2.58. The van der Waals surface area contributed by atoms with Crippen LogP contribution in [0.1, 0.15) is 20.7 Å². The van der Waals surface area contributed by atoms with Crippen LogP contribution in [0.3, 0.4) is 0 Å². The highest BCUT2D eigenvalue weighted by atomic mass is 32.2. The minimum absolute atomic E-state index is 0.231. The van der Waals surface area contributed by atoms with Crippen molar-refractivity contribution in [2.75, 3.05) is 20.0 Å². The zero-order valence-corrected chi connectivity index (χ0v) is 17.7. The van der Waals surface area contributed by atoms with E-state index in [1.54, 1.807) is 48.5 Å². The van der Waals surface area contributed by atoms with Crippen LogP contribution in [0.5, 0.6) is 0 Å². The van der Waals surface area contributed by atoms with E-state index >= 15 is 0 Å². The molecule has 0 aromatic heterocycles. The van der Waals surface area contributed by atoms with Crippen molar-refractivity contribution in [2.24, 2.45) is 0 Å². The van der Waals surface area contributed by atoms with Crippen molar-refractivity contribution >= 4 is 22.1 Å². The summed E-state index contributed by atoms with van der Waals surface area (Å²) in [5.41, 5.74) is 0.478. The van der Waals surface area contributed by atoms with Gasteiger partial charge in [0.05, 0.1) is 24.0 Å². The van der Waals surface area contributed by atoms with Crippen LogP contribution in [0.15, 0.2) is 60.7 Å². The Morgan fingerprint density at radius 1 is 0.871 bits per heavy atom. The van der Waals surface area contributed by atoms with Gasteiger partial charge in [0.25, 0.3) is 10.1 Å². The largest absolute Gasteiger partial charge is 0.452 e. The van der Waals surface area contributed by atoms with Crippen molar-refractivity contribution in [1.29, 1.82) is 0 Å². The van der Waals surface area contributed by atoms with Gasteiger partial charge in [-0.05, 0) is 24.3 Å². The maximum atomic E-state index is 12.7. The fourth-order valence-corrected chi connectivity index (χ4v) is 3.67. The lowest BCUT2D eigenvalue weighted by atomic mass is 10.0. The summed E-state index contributed by atoms with van der Waals surface area (Å²) < 4.78 is 50.4. The van der Waals surface area contributed by atoms with Crippen molar-refractivity contribution in [2.45, 2.75) is 24.6 Å². The van der Waals surface area contributed by atoms with Gasteiger partial charge in [0, 0.05) is 7.11 Å². The van der Waals surface area contributed by atoms with Crippen LogP contribution >= 0.6 is 0 Å². The molecule has 31 heavy (non-hydrogen) atoms. The van der Waals surface area contributed by atoms with Gasteiger partial charge in [0.2, 0.25) is 0 Å². The Hall–Kier alpha value is -2.79. The summed E-state index contributed by atoms with van der Waals surface area (Å²) in [6, 6.07) is 16.2. The van der Waals surface area contributed by atoms with E-state index in [1.165, 1.54) is 19.2 Å². The number of esters is 2. The Bertz CT molecular complexity index is 992. The Labute approximate surface area is 179 Å². The highest BCUT2D eigenvalue weighted by molar-refractivity contribution is 7.86. The van der Waals surface area contributed by atoms with Crippen LogP contribution in [0, 0.1) is 0 Å². The third-order valence-electron chi connectivity index (χ3n) is 4.42. The van der Waals surface area contributed by atoms with Gasteiger partial charge in [-0.3, -0.25) is 4.18 Å². The first-order valence-electron chi connectivity index (χ1n) is 9.33. The fourth-order valence-electron chi connectivity index (χ4n) is 3.05. The number of carbonyl (C=O) groups is 2. The summed E-state index contributed by atoms with van der Waals surface area (Å²) >= 11 is 0. The maximum Gasteiger partial charge on any atom is 0.338 e. The molecule has 1 aliphatic heterocycles. The zero-order chi connectivity index (χ0) is 22.4. The standard InChI is InChI=1S/C21H22O9S/c1-26-21-18(29-20(23)15-11-7-4-8-12-15)17(16(13-27-21)30-31(2,24)25)28-19(22)14-9-5-3-6-10-14/h3-12,16-18,21H,13H2,1-2H3/t16-,17-,18-,21+/m1/s1. The number of rotatable bonds is 7. The van der Waals surface area contributed by atoms with Gasteiger partial charge in [0.1, 0.15) is 6.10 Å². The average Bonchev–Trinajstić information content (AvgIpc) is 2.76. The van der Waals surface area contributed by atoms with Gasteiger partial charge < -0.3 is 18.9 Å². The van der Waals surface area contributed by atoms with Gasteiger partial charge in [-0.15, -0.1) is 0 Å². The number of benzene rings is 2. The molecule has 1 saturated heterocycles. The molecule has 0 aliphatic carbocycles. The number of methoxy groups -OCH3 is 1. The molecule has 166 valence electrons. The molecule has 2 aromatic carbocycles. The fraction of sp³-hybridized carbons (Fsp3) is 0.333. The molecule has 0 radical (unpaired) electrons.